The Balaban J connectivity index is 1.73. The van der Waals surface area contributed by atoms with Crippen molar-refractivity contribution in [2.45, 2.75) is 69.9 Å². The van der Waals surface area contributed by atoms with Gasteiger partial charge >= 0.3 is 0 Å². The van der Waals surface area contributed by atoms with Crippen LogP contribution in [0.4, 0.5) is 0 Å². The third kappa shape index (κ3) is 2.70. The van der Waals surface area contributed by atoms with Gasteiger partial charge in [-0.2, -0.15) is 0 Å². The van der Waals surface area contributed by atoms with Crippen LogP contribution in [0.2, 0.25) is 0 Å². The molecule has 3 unspecified atom stereocenters. The van der Waals surface area contributed by atoms with E-state index in [0.717, 1.165) is 39.1 Å². The summed E-state index contributed by atoms with van der Waals surface area (Å²) in [4.78, 5) is 0. The lowest BCUT2D eigenvalue weighted by molar-refractivity contribution is -0.115. The van der Waals surface area contributed by atoms with Crippen molar-refractivity contribution >= 4 is 0 Å². The summed E-state index contributed by atoms with van der Waals surface area (Å²) < 4.78 is 11.6. The van der Waals surface area contributed by atoms with Crippen LogP contribution < -0.4 is 5.73 Å². The second-order valence-electron chi connectivity index (χ2n) is 7.95. The van der Waals surface area contributed by atoms with Crippen LogP contribution in [-0.2, 0) is 9.47 Å². The monoisotopic (exact) mass is 267 g/mol. The highest BCUT2D eigenvalue weighted by Gasteiger charge is 2.49. The zero-order valence-corrected chi connectivity index (χ0v) is 12.5. The Hall–Kier alpha value is -0.120. The Labute approximate surface area is 117 Å². The van der Waals surface area contributed by atoms with Crippen molar-refractivity contribution in [3.8, 4) is 0 Å². The van der Waals surface area contributed by atoms with Crippen LogP contribution in [0.15, 0.2) is 0 Å². The number of hydrogen-bond donors (Lipinski definition) is 1. The maximum absolute atomic E-state index is 6.86. The van der Waals surface area contributed by atoms with Gasteiger partial charge < -0.3 is 15.2 Å². The number of rotatable bonds is 1. The van der Waals surface area contributed by atoms with Crippen molar-refractivity contribution in [2.24, 2.45) is 17.1 Å². The standard InChI is InChI=1S/C16H29NO2/c1-14(2)5-3-6-16(17,11-14)13-4-8-19-15(10-13)7-9-18-12-15/h13H,3-12,17H2,1-2H3. The van der Waals surface area contributed by atoms with Gasteiger partial charge in [0.1, 0.15) is 0 Å². The molecule has 3 heteroatoms. The molecule has 0 aromatic rings. The van der Waals surface area contributed by atoms with E-state index in [-0.39, 0.29) is 11.1 Å². The van der Waals surface area contributed by atoms with Crippen molar-refractivity contribution in [2.75, 3.05) is 19.8 Å². The average molecular weight is 267 g/mol. The fourth-order valence-electron chi connectivity index (χ4n) is 4.69. The molecule has 1 saturated carbocycles. The lowest BCUT2D eigenvalue weighted by Gasteiger charge is -2.51. The Kier molecular flexibility index (Phi) is 3.43. The predicted molar refractivity (Wildman–Crippen MR) is 76.0 cm³/mol. The van der Waals surface area contributed by atoms with Crippen LogP contribution in [0, 0.1) is 11.3 Å². The first-order chi connectivity index (χ1) is 8.93. The van der Waals surface area contributed by atoms with Crippen LogP contribution in [-0.4, -0.2) is 31.0 Å². The van der Waals surface area contributed by atoms with E-state index in [4.69, 9.17) is 15.2 Å². The van der Waals surface area contributed by atoms with Gasteiger partial charge in [0, 0.05) is 25.2 Å². The van der Waals surface area contributed by atoms with Crippen molar-refractivity contribution < 1.29 is 9.47 Å². The number of nitrogens with two attached hydrogens (primary N) is 1. The maximum atomic E-state index is 6.86. The molecule has 3 fully saturated rings. The second-order valence-corrected chi connectivity index (χ2v) is 7.95. The molecule has 0 aromatic heterocycles. The lowest BCUT2D eigenvalue weighted by Crippen LogP contribution is -2.57. The summed E-state index contributed by atoms with van der Waals surface area (Å²) in [6.07, 6.45) is 8.27. The Bertz CT molecular complexity index is 336. The molecule has 2 aliphatic heterocycles. The summed E-state index contributed by atoms with van der Waals surface area (Å²) in [5.41, 5.74) is 7.30. The average Bonchev–Trinajstić information content (AvgIpc) is 2.76. The molecule has 2 N–H and O–H groups in total. The van der Waals surface area contributed by atoms with Crippen LogP contribution in [0.1, 0.15) is 58.8 Å². The lowest BCUT2D eigenvalue weighted by atomic mass is 9.61. The molecule has 2 saturated heterocycles. The molecule has 0 radical (unpaired) electrons. The zero-order chi connectivity index (χ0) is 13.6. The van der Waals surface area contributed by atoms with E-state index in [1.807, 2.05) is 0 Å². The van der Waals surface area contributed by atoms with Crippen molar-refractivity contribution in [3.05, 3.63) is 0 Å². The van der Waals surface area contributed by atoms with Crippen molar-refractivity contribution in [1.82, 2.24) is 0 Å². The highest BCUT2D eigenvalue weighted by molar-refractivity contribution is 5.03. The highest BCUT2D eigenvalue weighted by atomic mass is 16.6. The molecule has 1 aliphatic carbocycles. The largest absolute Gasteiger partial charge is 0.378 e. The van der Waals surface area contributed by atoms with Gasteiger partial charge in [-0.3, -0.25) is 0 Å². The SMILES string of the molecule is CC1(C)CCCC(N)(C2CCOC3(CCOC3)C2)C1. The molecule has 0 aromatic carbocycles. The van der Waals surface area contributed by atoms with E-state index in [0.29, 0.717) is 11.3 Å². The summed E-state index contributed by atoms with van der Waals surface area (Å²) in [7, 11) is 0. The molecule has 3 nitrogen and oxygen atoms in total. The van der Waals surface area contributed by atoms with Crippen molar-refractivity contribution in [3.63, 3.8) is 0 Å². The first-order valence-corrected chi connectivity index (χ1v) is 7.94. The van der Waals surface area contributed by atoms with Crippen LogP contribution in [0.5, 0.6) is 0 Å². The fraction of sp³-hybridized carbons (Fsp3) is 1.00. The summed E-state index contributed by atoms with van der Waals surface area (Å²) in [6, 6.07) is 0. The quantitative estimate of drug-likeness (QED) is 0.794. The smallest absolute Gasteiger partial charge is 0.0940 e. The Morgan fingerprint density at radius 3 is 2.63 bits per heavy atom. The van der Waals surface area contributed by atoms with Gasteiger partial charge in [-0.15, -0.1) is 0 Å². The van der Waals surface area contributed by atoms with E-state index in [2.05, 4.69) is 13.8 Å². The molecular formula is C16H29NO2. The summed E-state index contributed by atoms with van der Waals surface area (Å²) in [5, 5.41) is 0. The fourth-order valence-corrected chi connectivity index (χ4v) is 4.69. The van der Waals surface area contributed by atoms with Gasteiger partial charge in [0.25, 0.3) is 0 Å². The van der Waals surface area contributed by atoms with Gasteiger partial charge in [-0.25, -0.2) is 0 Å². The molecule has 3 atom stereocenters. The van der Waals surface area contributed by atoms with E-state index in [1.54, 1.807) is 0 Å². The minimum absolute atomic E-state index is 0.00310. The predicted octanol–water partition coefficient (Wildman–Crippen LogP) is 2.87. The van der Waals surface area contributed by atoms with Crippen LogP contribution in [0.3, 0.4) is 0 Å². The molecule has 1 spiro atoms. The van der Waals surface area contributed by atoms with Gasteiger partial charge in [0.15, 0.2) is 0 Å². The first kappa shape index (κ1) is 13.8. The van der Waals surface area contributed by atoms with Crippen LogP contribution in [0.25, 0.3) is 0 Å². The van der Waals surface area contributed by atoms with E-state index in [9.17, 15) is 0 Å². The normalized spacial score (nSPS) is 46.6. The van der Waals surface area contributed by atoms with E-state index < -0.39 is 0 Å². The van der Waals surface area contributed by atoms with Crippen molar-refractivity contribution in [1.29, 1.82) is 0 Å². The number of hydrogen-bond acceptors (Lipinski definition) is 3. The third-order valence-corrected chi connectivity index (χ3v) is 5.68. The molecule has 3 aliphatic rings. The van der Waals surface area contributed by atoms with Gasteiger partial charge in [0.2, 0.25) is 0 Å². The molecule has 0 bridgehead atoms. The van der Waals surface area contributed by atoms with E-state index in [1.165, 1.54) is 25.7 Å². The van der Waals surface area contributed by atoms with Gasteiger partial charge in [-0.1, -0.05) is 20.3 Å². The maximum Gasteiger partial charge on any atom is 0.0940 e. The molecule has 19 heavy (non-hydrogen) atoms. The minimum atomic E-state index is -0.00310. The molecule has 3 rings (SSSR count). The number of ether oxygens (including phenoxy) is 2. The summed E-state index contributed by atoms with van der Waals surface area (Å²) in [5.74, 6) is 0.613. The third-order valence-electron chi connectivity index (χ3n) is 5.68. The summed E-state index contributed by atoms with van der Waals surface area (Å²) in [6.45, 7) is 7.26. The topological polar surface area (TPSA) is 44.5 Å². The zero-order valence-electron chi connectivity index (χ0n) is 12.5. The molecule has 2 heterocycles. The first-order valence-electron chi connectivity index (χ1n) is 7.94. The molecule has 0 amide bonds. The van der Waals surface area contributed by atoms with E-state index >= 15 is 0 Å². The minimum Gasteiger partial charge on any atom is -0.378 e. The Morgan fingerprint density at radius 1 is 1.11 bits per heavy atom. The second kappa shape index (κ2) is 4.71. The summed E-state index contributed by atoms with van der Waals surface area (Å²) >= 11 is 0. The van der Waals surface area contributed by atoms with Crippen LogP contribution >= 0.6 is 0 Å². The highest BCUT2D eigenvalue weighted by Crippen LogP contribution is 2.48. The van der Waals surface area contributed by atoms with Gasteiger partial charge in [0.05, 0.1) is 12.2 Å². The molecule has 110 valence electrons. The molecular weight excluding hydrogens is 238 g/mol. The Morgan fingerprint density at radius 2 is 1.95 bits per heavy atom. The van der Waals surface area contributed by atoms with Gasteiger partial charge in [-0.05, 0) is 43.4 Å².